The number of aromatic nitrogens is 3. The van der Waals surface area contributed by atoms with Crippen molar-refractivity contribution < 1.29 is 9.59 Å². The standard InChI is InChI=1S/C17H25N5O2/c1-6-18-15(23)9-19-17(24)12-7-14(10(2)3)21-16-13(12)8-20-22(16)11(4)5/h7-8,10-11H,6,9H2,1-5H3,(H,18,23)(H,19,24). The zero-order valence-corrected chi connectivity index (χ0v) is 14.9. The maximum atomic E-state index is 12.6. The van der Waals surface area contributed by atoms with E-state index in [9.17, 15) is 9.59 Å². The van der Waals surface area contributed by atoms with Crippen LogP contribution in [-0.4, -0.2) is 39.7 Å². The van der Waals surface area contributed by atoms with E-state index in [0.717, 1.165) is 5.69 Å². The van der Waals surface area contributed by atoms with Gasteiger partial charge in [-0.1, -0.05) is 13.8 Å². The van der Waals surface area contributed by atoms with Gasteiger partial charge in [-0.05, 0) is 32.8 Å². The Kier molecular flexibility index (Phi) is 5.54. The van der Waals surface area contributed by atoms with Gasteiger partial charge in [-0.15, -0.1) is 0 Å². The highest BCUT2D eigenvalue weighted by molar-refractivity contribution is 6.06. The summed E-state index contributed by atoms with van der Waals surface area (Å²) in [7, 11) is 0. The van der Waals surface area contributed by atoms with Crippen LogP contribution in [0, 0.1) is 0 Å². The van der Waals surface area contributed by atoms with Crippen LogP contribution in [0.5, 0.6) is 0 Å². The Morgan fingerprint density at radius 2 is 1.92 bits per heavy atom. The van der Waals surface area contributed by atoms with Gasteiger partial charge in [-0.3, -0.25) is 9.59 Å². The van der Waals surface area contributed by atoms with Gasteiger partial charge in [0.15, 0.2) is 5.65 Å². The minimum Gasteiger partial charge on any atom is -0.355 e. The molecule has 0 unspecified atom stereocenters. The van der Waals surface area contributed by atoms with Crippen LogP contribution in [-0.2, 0) is 4.79 Å². The van der Waals surface area contributed by atoms with Crippen molar-refractivity contribution in [1.82, 2.24) is 25.4 Å². The third-order valence-electron chi connectivity index (χ3n) is 3.70. The summed E-state index contributed by atoms with van der Waals surface area (Å²) in [6, 6.07) is 1.93. The molecule has 2 aromatic heterocycles. The molecule has 2 rings (SSSR count). The lowest BCUT2D eigenvalue weighted by molar-refractivity contribution is -0.120. The normalized spacial score (nSPS) is 11.3. The summed E-state index contributed by atoms with van der Waals surface area (Å²) in [5.74, 6) is -0.322. The summed E-state index contributed by atoms with van der Waals surface area (Å²) < 4.78 is 1.81. The number of hydrogen-bond donors (Lipinski definition) is 2. The Morgan fingerprint density at radius 3 is 2.50 bits per heavy atom. The molecule has 0 radical (unpaired) electrons. The Hall–Kier alpha value is -2.44. The summed E-state index contributed by atoms with van der Waals surface area (Å²) in [6.45, 7) is 10.4. The minimum absolute atomic E-state index is 0.0498. The Bertz CT molecular complexity index is 749. The fourth-order valence-corrected chi connectivity index (χ4v) is 2.41. The largest absolute Gasteiger partial charge is 0.355 e. The van der Waals surface area contributed by atoms with E-state index in [4.69, 9.17) is 0 Å². The number of nitrogens with zero attached hydrogens (tertiary/aromatic N) is 3. The van der Waals surface area contributed by atoms with E-state index >= 15 is 0 Å². The molecule has 0 saturated heterocycles. The average molecular weight is 331 g/mol. The Morgan fingerprint density at radius 1 is 1.21 bits per heavy atom. The number of carbonyl (C=O) groups excluding carboxylic acids is 2. The van der Waals surface area contributed by atoms with E-state index in [1.807, 2.05) is 39.3 Å². The number of likely N-dealkylation sites (N-methyl/N-ethyl adjacent to an activating group) is 1. The van der Waals surface area contributed by atoms with Crippen LogP contribution in [0.3, 0.4) is 0 Å². The van der Waals surface area contributed by atoms with E-state index in [1.54, 1.807) is 12.3 Å². The molecule has 130 valence electrons. The van der Waals surface area contributed by atoms with Crippen LogP contribution in [0.15, 0.2) is 12.3 Å². The van der Waals surface area contributed by atoms with E-state index < -0.39 is 0 Å². The van der Waals surface area contributed by atoms with Gasteiger partial charge >= 0.3 is 0 Å². The minimum atomic E-state index is -0.293. The van der Waals surface area contributed by atoms with Gasteiger partial charge in [0, 0.05) is 18.3 Å². The first-order valence-corrected chi connectivity index (χ1v) is 8.28. The first-order chi connectivity index (χ1) is 11.3. The molecule has 0 spiro atoms. The van der Waals surface area contributed by atoms with Crippen molar-refractivity contribution in [3.63, 3.8) is 0 Å². The molecule has 0 aromatic carbocycles. The lowest BCUT2D eigenvalue weighted by Gasteiger charge is -2.12. The molecular formula is C17H25N5O2. The van der Waals surface area contributed by atoms with E-state index in [2.05, 4.69) is 20.7 Å². The van der Waals surface area contributed by atoms with Crippen LogP contribution in [0.4, 0.5) is 0 Å². The molecule has 0 bridgehead atoms. The third kappa shape index (κ3) is 3.72. The van der Waals surface area contributed by atoms with Crippen LogP contribution in [0.25, 0.3) is 11.0 Å². The Balaban J connectivity index is 2.41. The van der Waals surface area contributed by atoms with Gasteiger partial charge in [0.1, 0.15) is 0 Å². The van der Waals surface area contributed by atoms with Gasteiger partial charge in [-0.25, -0.2) is 9.67 Å². The fourth-order valence-electron chi connectivity index (χ4n) is 2.41. The van der Waals surface area contributed by atoms with Crippen molar-refractivity contribution in [1.29, 1.82) is 0 Å². The molecule has 2 amide bonds. The molecule has 2 N–H and O–H groups in total. The molecule has 0 aliphatic heterocycles. The van der Waals surface area contributed by atoms with Gasteiger partial charge in [0.05, 0.1) is 23.7 Å². The second-order valence-electron chi connectivity index (χ2n) is 6.31. The number of nitrogens with one attached hydrogen (secondary N) is 2. The van der Waals surface area contributed by atoms with Crippen molar-refractivity contribution in [3.05, 3.63) is 23.5 Å². The number of pyridine rings is 1. The van der Waals surface area contributed by atoms with Crippen molar-refractivity contribution in [2.24, 2.45) is 0 Å². The fraction of sp³-hybridized carbons (Fsp3) is 0.529. The molecule has 0 aliphatic carbocycles. The first-order valence-electron chi connectivity index (χ1n) is 8.28. The van der Waals surface area contributed by atoms with Crippen molar-refractivity contribution in [2.75, 3.05) is 13.1 Å². The number of hydrogen-bond acceptors (Lipinski definition) is 4. The lowest BCUT2D eigenvalue weighted by atomic mass is 10.0. The van der Waals surface area contributed by atoms with E-state index in [0.29, 0.717) is 23.1 Å². The highest BCUT2D eigenvalue weighted by Gasteiger charge is 2.19. The quantitative estimate of drug-likeness (QED) is 0.847. The monoisotopic (exact) mass is 331 g/mol. The van der Waals surface area contributed by atoms with Crippen LogP contribution < -0.4 is 10.6 Å². The summed E-state index contributed by atoms with van der Waals surface area (Å²) in [5.41, 5.74) is 2.02. The molecule has 0 aliphatic rings. The molecular weight excluding hydrogens is 306 g/mol. The summed E-state index contributed by atoms with van der Waals surface area (Å²) >= 11 is 0. The van der Waals surface area contributed by atoms with Crippen LogP contribution in [0.2, 0.25) is 0 Å². The molecule has 0 atom stereocenters. The van der Waals surface area contributed by atoms with Gasteiger partial charge in [-0.2, -0.15) is 5.10 Å². The van der Waals surface area contributed by atoms with Gasteiger partial charge in [0.2, 0.25) is 5.91 Å². The zero-order chi connectivity index (χ0) is 17.9. The number of carbonyl (C=O) groups is 2. The topological polar surface area (TPSA) is 88.9 Å². The predicted molar refractivity (Wildman–Crippen MR) is 93.0 cm³/mol. The third-order valence-corrected chi connectivity index (χ3v) is 3.70. The number of rotatable bonds is 6. The van der Waals surface area contributed by atoms with Crippen molar-refractivity contribution >= 4 is 22.8 Å². The molecule has 2 aromatic rings. The Labute approximate surface area is 141 Å². The SMILES string of the molecule is CCNC(=O)CNC(=O)c1cc(C(C)C)nc2c1cnn2C(C)C. The predicted octanol–water partition coefficient (Wildman–Crippen LogP) is 2.00. The van der Waals surface area contributed by atoms with Crippen LogP contribution in [0.1, 0.15) is 62.6 Å². The average Bonchev–Trinajstić information content (AvgIpc) is 2.95. The molecule has 0 saturated carbocycles. The molecule has 7 heteroatoms. The number of fused-ring (bicyclic) bond motifs is 1. The highest BCUT2D eigenvalue weighted by Crippen LogP contribution is 2.24. The molecule has 24 heavy (non-hydrogen) atoms. The van der Waals surface area contributed by atoms with Crippen LogP contribution >= 0.6 is 0 Å². The summed E-state index contributed by atoms with van der Waals surface area (Å²) in [5, 5.41) is 10.4. The maximum absolute atomic E-state index is 12.6. The van der Waals surface area contributed by atoms with Crippen molar-refractivity contribution in [3.8, 4) is 0 Å². The van der Waals surface area contributed by atoms with Gasteiger partial charge < -0.3 is 10.6 Å². The summed E-state index contributed by atoms with van der Waals surface area (Å²) in [6.07, 6.45) is 1.66. The zero-order valence-electron chi connectivity index (χ0n) is 14.9. The molecule has 0 fully saturated rings. The second-order valence-corrected chi connectivity index (χ2v) is 6.31. The molecule has 2 heterocycles. The van der Waals surface area contributed by atoms with Gasteiger partial charge in [0.25, 0.3) is 5.91 Å². The van der Waals surface area contributed by atoms with E-state index in [1.165, 1.54) is 0 Å². The lowest BCUT2D eigenvalue weighted by Crippen LogP contribution is -2.36. The maximum Gasteiger partial charge on any atom is 0.252 e. The van der Waals surface area contributed by atoms with Crippen molar-refractivity contribution in [2.45, 2.75) is 46.6 Å². The smallest absolute Gasteiger partial charge is 0.252 e. The molecule has 7 nitrogen and oxygen atoms in total. The number of amides is 2. The highest BCUT2D eigenvalue weighted by atomic mass is 16.2. The summed E-state index contributed by atoms with van der Waals surface area (Å²) in [4.78, 5) is 28.8. The van der Waals surface area contributed by atoms with E-state index in [-0.39, 0.29) is 30.3 Å². The second kappa shape index (κ2) is 7.42. The first kappa shape index (κ1) is 17.9.